The van der Waals surface area contributed by atoms with Gasteiger partial charge in [-0.25, -0.2) is 9.59 Å². The van der Waals surface area contributed by atoms with E-state index in [0.29, 0.717) is 13.0 Å². The number of alkyl carbamates (subject to hydrolysis) is 1. The van der Waals surface area contributed by atoms with Crippen LogP contribution in [-0.4, -0.2) is 48.6 Å². The molecule has 1 aromatic carbocycles. The predicted molar refractivity (Wildman–Crippen MR) is 91.9 cm³/mol. The second-order valence-electron chi connectivity index (χ2n) is 6.90. The maximum atomic E-state index is 12.3. The Morgan fingerprint density at radius 3 is 2.52 bits per heavy atom. The van der Waals surface area contributed by atoms with Crippen LogP contribution in [-0.2, 0) is 20.8 Å². The maximum absolute atomic E-state index is 12.3. The third-order valence-electron chi connectivity index (χ3n) is 3.72. The van der Waals surface area contributed by atoms with Gasteiger partial charge < -0.3 is 19.5 Å². The van der Waals surface area contributed by atoms with Crippen molar-refractivity contribution in [2.75, 3.05) is 13.7 Å². The van der Waals surface area contributed by atoms with E-state index in [1.807, 2.05) is 30.3 Å². The van der Waals surface area contributed by atoms with E-state index in [9.17, 15) is 9.59 Å². The van der Waals surface area contributed by atoms with E-state index in [-0.39, 0.29) is 12.6 Å². The van der Waals surface area contributed by atoms with E-state index >= 15 is 0 Å². The summed E-state index contributed by atoms with van der Waals surface area (Å²) >= 11 is 0. The molecule has 0 radical (unpaired) electrons. The number of amides is 2. The number of carbonyl (C=O) groups is 2. The zero-order chi connectivity index (χ0) is 18.4. The van der Waals surface area contributed by atoms with Crippen LogP contribution < -0.4 is 5.32 Å². The van der Waals surface area contributed by atoms with Crippen LogP contribution >= 0.6 is 0 Å². The van der Waals surface area contributed by atoms with Crippen LogP contribution in [0.3, 0.4) is 0 Å². The fourth-order valence-electron chi connectivity index (χ4n) is 2.66. The molecule has 1 aliphatic rings. The first-order chi connectivity index (χ1) is 11.8. The summed E-state index contributed by atoms with van der Waals surface area (Å²) < 4.78 is 16.0. The van der Waals surface area contributed by atoms with Gasteiger partial charge in [0.2, 0.25) is 0 Å². The number of rotatable bonds is 4. The van der Waals surface area contributed by atoms with E-state index in [2.05, 4.69) is 5.32 Å². The Hall–Kier alpha value is -2.28. The monoisotopic (exact) mass is 350 g/mol. The fourth-order valence-corrected chi connectivity index (χ4v) is 2.66. The Morgan fingerprint density at radius 2 is 1.92 bits per heavy atom. The zero-order valence-corrected chi connectivity index (χ0v) is 15.2. The first-order valence-electron chi connectivity index (χ1n) is 8.30. The van der Waals surface area contributed by atoms with Gasteiger partial charge in [0.25, 0.3) is 0 Å². The SMILES string of the molecule is COC1C(NC(=O)OC(C)(C)C)CCN1C(=O)OCc1ccccc1. The number of nitrogens with zero attached hydrogens (tertiary/aromatic N) is 1. The molecule has 1 aliphatic heterocycles. The molecule has 138 valence electrons. The van der Waals surface area contributed by atoms with Crippen molar-refractivity contribution < 1.29 is 23.8 Å². The van der Waals surface area contributed by atoms with Crippen molar-refractivity contribution in [1.29, 1.82) is 0 Å². The molecule has 7 nitrogen and oxygen atoms in total. The molecule has 0 bridgehead atoms. The minimum absolute atomic E-state index is 0.191. The lowest BCUT2D eigenvalue weighted by atomic mass is 10.2. The summed E-state index contributed by atoms with van der Waals surface area (Å²) in [5.41, 5.74) is 0.326. The lowest BCUT2D eigenvalue weighted by Crippen LogP contribution is -2.48. The molecule has 0 aromatic heterocycles. The van der Waals surface area contributed by atoms with E-state index < -0.39 is 24.0 Å². The van der Waals surface area contributed by atoms with E-state index in [0.717, 1.165) is 5.56 Å². The maximum Gasteiger partial charge on any atom is 0.412 e. The van der Waals surface area contributed by atoms with Gasteiger partial charge in [0.1, 0.15) is 12.2 Å². The first-order valence-corrected chi connectivity index (χ1v) is 8.30. The molecule has 1 N–H and O–H groups in total. The highest BCUT2D eigenvalue weighted by molar-refractivity contribution is 5.70. The Morgan fingerprint density at radius 1 is 1.24 bits per heavy atom. The largest absolute Gasteiger partial charge is 0.444 e. The Balaban J connectivity index is 1.89. The molecule has 0 saturated carbocycles. The second kappa shape index (κ2) is 8.20. The minimum Gasteiger partial charge on any atom is -0.444 e. The van der Waals surface area contributed by atoms with Gasteiger partial charge in [-0.2, -0.15) is 0 Å². The molecule has 0 spiro atoms. The number of hydrogen-bond donors (Lipinski definition) is 1. The van der Waals surface area contributed by atoms with Crippen LogP contribution in [0.2, 0.25) is 0 Å². The standard InChI is InChI=1S/C18H26N2O5/c1-18(2,3)25-16(21)19-14-10-11-20(15(14)23-4)17(22)24-12-13-8-6-5-7-9-13/h5-9,14-15H,10-12H2,1-4H3,(H,19,21). The van der Waals surface area contributed by atoms with Crippen LogP contribution in [0.25, 0.3) is 0 Å². The van der Waals surface area contributed by atoms with Crippen LogP contribution in [0, 0.1) is 0 Å². The minimum atomic E-state index is -0.587. The summed E-state index contributed by atoms with van der Waals surface area (Å²) in [5, 5.41) is 2.76. The Bertz CT molecular complexity index is 585. The third-order valence-corrected chi connectivity index (χ3v) is 3.72. The number of nitrogens with one attached hydrogen (secondary N) is 1. The summed E-state index contributed by atoms with van der Waals surface area (Å²) in [4.78, 5) is 25.7. The summed E-state index contributed by atoms with van der Waals surface area (Å²) in [6.45, 7) is 6.01. The van der Waals surface area contributed by atoms with Gasteiger partial charge >= 0.3 is 12.2 Å². The van der Waals surface area contributed by atoms with Crippen LogP contribution in [0.1, 0.15) is 32.8 Å². The highest BCUT2D eigenvalue weighted by atomic mass is 16.6. The third kappa shape index (κ3) is 5.63. The summed E-state index contributed by atoms with van der Waals surface area (Å²) in [7, 11) is 1.50. The normalized spacial score (nSPS) is 20.2. The average Bonchev–Trinajstić information content (AvgIpc) is 2.94. The van der Waals surface area contributed by atoms with Crippen molar-refractivity contribution in [1.82, 2.24) is 10.2 Å². The summed E-state index contributed by atoms with van der Waals surface area (Å²) in [6.07, 6.45) is -1.02. The highest BCUT2D eigenvalue weighted by Crippen LogP contribution is 2.21. The highest BCUT2D eigenvalue weighted by Gasteiger charge is 2.39. The average molecular weight is 350 g/mol. The predicted octanol–water partition coefficient (Wildman–Crippen LogP) is 2.89. The van der Waals surface area contributed by atoms with E-state index in [1.165, 1.54) is 12.0 Å². The van der Waals surface area contributed by atoms with Crippen LogP contribution in [0.4, 0.5) is 9.59 Å². The van der Waals surface area contributed by atoms with Gasteiger partial charge in [0, 0.05) is 13.7 Å². The number of benzene rings is 1. The Kier molecular flexibility index (Phi) is 6.25. The number of carbonyl (C=O) groups excluding carboxylic acids is 2. The molecular formula is C18H26N2O5. The second-order valence-corrected chi connectivity index (χ2v) is 6.90. The molecule has 2 rings (SSSR count). The molecular weight excluding hydrogens is 324 g/mol. The number of likely N-dealkylation sites (tertiary alicyclic amines) is 1. The lowest BCUT2D eigenvalue weighted by Gasteiger charge is -2.27. The van der Waals surface area contributed by atoms with Crippen molar-refractivity contribution in [2.45, 2.75) is 51.7 Å². The molecule has 2 atom stereocenters. The molecule has 0 aliphatic carbocycles. The summed E-state index contributed by atoms with van der Waals surface area (Å²) in [6, 6.07) is 9.11. The number of ether oxygens (including phenoxy) is 3. The number of methoxy groups -OCH3 is 1. The fraction of sp³-hybridized carbons (Fsp3) is 0.556. The van der Waals surface area contributed by atoms with Gasteiger partial charge in [-0.05, 0) is 32.8 Å². The molecule has 25 heavy (non-hydrogen) atoms. The molecule has 1 heterocycles. The van der Waals surface area contributed by atoms with Crippen molar-refractivity contribution in [3.8, 4) is 0 Å². The molecule has 1 saturated heterocycles. The smallest absolute Gasteiger partial charge is 0.412 e. The van der Waals surface area contributed by atoms with E-state index in [4.69, 9.17) is 14.2 Å². The van der Waals surface area contributed by atoms with E-state index in [1.54, 1.807) is 20.8 Å². The number of hydrogen-bond acceptors (Lipinski definition) is 5. The van der Waals surface area contributed by atoms with Gasteiger partial charge in [0.15, 0.2) is 6.23 Å². The van der Waals surface area contributed by atoms with Gasteiger partial charge in [-0.15, -0.1) is 0 Å². The van der Waals surface area contributed by atoms with Gasteiger partial charge in [-0.3, -0.25) is 4.90 Å². The van der Waals surface area contributed by atoms with Gasteiger partial charge in [-0.1, -0.05) is 30.3 Å². The van der Waals surface area contributed by atoms with Crippen molar-refractivity contribution in [3.63, 3.8) is 0 Å². The molecule has 2 amide bonds. The van der Waals surface area contributed by atoms with Crippen LogP contribution in [0.5, 0.6) is 0 Å². The topological polar surface area (TPSA) is 77.1 Å². The lowest BCUT2D eigenvalue weighted by molar-refractivity contribution is -0.0228. The van der Waals surface area contributed by atoms with Crippen molar-refractivity contribution >= 4 is 12.2 Å². The van der Waals surface area contributed by atoms with Gasteiger partial charge in [0.05, 0.1) is 6.04 Å². The quantitative estimate of drug-likeness (QED) is 0.903. The summed E-state index contributed by atoms with van der Waals surface area (Å²) in [5.74, 6) is 0. The molecule has 2 unspecified atom stereocenters. The van der Waals surface area contributed by atoms with Crippen molar-refractivity contribution in [2.24, 2.45) is 0 Å². The van der Waals surface area contributed by atoms with Crippen LogP contribution in [0.15, 0.2) is 30.3 Å². The molecule has 1 aromatic rings. The zero-order valence-electron chi connectivity index (χ0n) is 15.2. The first kappa shape index (κ1) is 19.1. The molecule has 7 heteroatoms. The Labute approximate surface area is 148 Å². The van der Waals surface area contributed by atoms with Crippen molar-refractivity contribution in [3.05, 3.63) is 35.9 Å². The molecule has 1 fully saturated rings.